The molecule has 0 heterocycles. The molecular formula is C56H112N2O5. The Kier molecular flexibility index (Phi) is 49.3. The number of nitrogens with zero attached hydrogens (tertiary/aromatic N) is 2. The van der Waals surface area contributed by atoms with Gasteiger partial charge in [0.1, 0.15) is 0 Å². The Morgan fingerprint density at radius 3 is 1.10 bits per heavy atom. The van der Waals surface area contributed by atoms with Gasteiger partial charge >= 0.3 is 11.9 Å². The molecule has 0 amide bonds. The molecule has 0 aromatic carbocycles. The standard InChI is InChI=1S/C56H112N2O5/c1-6-11-15-19-22-24-25-27-30-35-42-54(41-34-29-26-23-20-16-12-7-2)52-63-56(61)44-48-58(47-38-46-57(10-5)49-50-59)45-37-31-36-43-55(60)62-51-53(39-32-18-14-9-4)40-33-28-21-17-13-8-3/h53-54,59H,6-52H2,1-5H3. The van der Waals surface area contributed by atoms with Gasteiger partial charge < -0.3 is 24.4 Å². The van der Waals surface area contributed by atoms with Crippen LogP contribution >= 0.6 is 0 Å². The van der Waals surface area contributed by atoms with Gasteiger partial charge in [-0.1, -0.05) is 221 Å². The summed E-state index contributed by atoms with van der Waals surface area (Å²) in [5, 5.41) is 9.49. The minimum absolute atomic E-state index is 0.0338. The molecule has 1 N–H and O–H groups in total. The number of esters is 2. The summed E-state index contributed by atoms with van der Waals surface area (Å²) in [6.07, 6.45) is 46.7. The molecule has 0 radical (unpaired) electrons. The molecule has 7 heteroatoms. The van der Waals surface area contributed by atoms with Crippen molar-refractivity contribution in [2.24, 2.45) is 11.8 Å². The highest BCUT2D eigenvalue weighted by molar-refractivity contribution is 5.69. The molecule has 2 unspecified atom stereocenters. The van der Waals surface area contributed by atoms with Crippen molar-refractivity contribution in [1.29, 1.82) is 0 Å². The summed E-state index contributed by atoms with van der Waals surface area (Å²) in [6.45, 7) is 17.8. The third-order valence-corrected chi connectivity index (χ3v) is 13.6. The Balaban J connectivity index is 4.94. The van der Waals surface area contributed by atoms with E-state index in [-0.39, 0.29) is 18.5 Å². The second-order valence-electron chi connectivity index (χ2n) is 19.7. The number of ether oxygens (including phenoxy) is 2. The van der Waals surface area contributed by atoms with Crippen molar-refractivity contribution in [1.82, 2.24) is 9.80 Å². The highest BCUT2D eigenvalue weighted by Crippen LogP contribution is 2.22. The quantitative estimate of drug-likeness (QED) is 0.0481. The monoisotopic (exact) mass is 893 g/mol. The van der Waals surface area contributed by atoms with Crippen LogP contribution in [0.5, 0.6) is 0 Å². The average Bonchev–Trinajstić information content (AvgIpc) is 3.29. The van der Waals surface area contributed by atoms with Gasteiger partial charge in [0.2, 0.25) is 0 Å². The first-order valence-electron chi connectivity index (χ1n) is 28.3. The second kappa shape index (κ2) is 50.2. The maximum atomic E-state index is 13.2. The Labute approximate surface area is 394 Å². The van der Waals surface area contributed by atoms with Gasteiger partial charge in [0.25, 0.3) is 0 Å². The molecule has 7 nitrogen and oxygen atoms in total. The molecule has 0 saturated carbocycles. The minimum atomic E-state index is -0.0534. The van der Waals surface area contributed by atoms with Gasteiger partial charge in [0.05, 0.1) is 26.2 Å². The van der Waals surface area contributed by atoms with Crippen LogP contribution in [-0.2, 0) is 19.1 Å². The van der Waals surface area contributed by atoms with Crippen LogP contribution in [0.4, 0.5) is 0 Å². The largest absolute Gasteiger partial charge is 0.465 e. The Hall–Kier alpha value is -1.18. The number of hydrogen-bond acceptors (Lipinski definition) is 7. The number of carbonyl (C=O) groups is 2. The number of rotatable bonds is 52. The summed E-state index contributed by atoms with van der Waals surface area (Å²) in [5.74, 6) is 0.897. The number of aliphatic hydroxyl groups excluding tert-OH is 1. The molecule has 63 heavy (non-hydrogen) atoms. The minimum Gasteiger partial charge on any atom is -0.465 e. The summed E-state index contributed by atoms with van der Waals surface area (Å²) in [5.41, 5.74) is 0. The Morgan fingerprint density at radius 1 is 0.365 bits per heavy atom. The number of carbonyl (C=O) groups excluding carboxylic acids is 2. The fourth-order valence-corrected chi connectivity index (χ4v) is 9.20. The Morgan fingerprint density at radius 2 is 0.698 bits per heavy atom. The van der Waals surface area contributed by atoms with E-state index in [4.69, 9.17) is 9.47 Å². The zero-order valence-electron chi connectivity index (χ0n) is 43.4. The van der Waals surface area contributed by atoms with E-state index in [9.17, 15) is 14.7 Å². The molecule has 0 aromatic rings. The predicted octanol–water partition coefficient (Wildman–Crippen LogP) is 15.8. The van der Waals surface area contributed by atoms with Crippen molar-refractivity contribution >= 4 is 11.9 Å². The zero-order chi connectivity index (χ0) is 46.1. The van der Waals surface area contributed by atoms with Crippen molar-refractivity contribution < 1.29 is 24.2 Å². The van der Waals surface area contributed by atoms with Crippen molar-refractivity contribution in [3.8, 4) is 0 Å². The molecule has 0 rings (SSSR count). The maximum absolute atomic E-state index is 13.2. The fourth-order valence-electron chi connectivity index (χ4n) is 9.20. The third kappa shape index (κ3) is 44.4. The third-order valence-electron chi connectivity index (χ3n) is 13.6. The van der Waals surface area contributed by atoms with E-state index in [0.29, 0.717) is 51.0 Å². The molecule has 0 saturated heterocycles. The highest BCUT2D eigenvalue weighted by atomic mass is 16.5. The lowest BCUT2D eigenvalue weighted by Crippen LogP contribution is -2.33. The van der Waals surface area contributed by atoms with E-state index in [2.05, 4.69) is 44.4 Å². The van der Waals surface area contributed by atoms with E-state index in [1.807, 2.05) is 0 Å². The number of aliphatic hydroxyl groups is 1. The molecule has 0 aliphatic rings. The molecule has 376 valence electrons. The van der Waals surface area contributed by atoms with Gasteiger partial charge in [0, 0.05) is 19.5 Å². The highest BCUT2D eigenvalue weighted by Gasteiger charge is 2.16. The van der Waals surface area contributed by atoms with Crippen molar-refractivity contribution in [3.05, 3.63) is 0 Å². The molecule has 2 atom stereocenters. The lowest BCUT2D eigenvalue weighted by atomic mass is 9.94. The second-order valence-corrected chi connectivity index (χ2v) is 19.7. The summed E-state index contributed by atoms with van der Waals surface area (Å²) in [6, 6.07) is 0. The topological polar surface area (TPSA) is 79.3 Å². The molecule has 0 aliphatic heterocycles. The predicted molar refractivity (Wildman–Crippen MR) is 273 cm³/mol. The van der Waals surface area contributed by atoms with Gasteiger partial charge in [-0.3, -0.25) is 9.59 Å². The van der Waals surface area contributed by atoms with E-state index >= 15 is 0 Å². The van der Waals surface area contributed by atoms with Crippen LogP contribution in [0.3, 0.4) is 0 Å². The van der Waals surface area contributed by atoms with Gasteiger partial charge in [0.15, 0.2) is 0 Å². The number of unbranched alkanes of at least 4 members (excludes halogenated alkanes) is 26. The molecular weight excluding hydrogens is 781 g/mol. The summed E-state index contributed by atoms with van der Waals surface area (Å²) in [7, 11) is 0. The van der Waals surface area contributed by atoms with Crippen LogP contribution in [0.15, 0.2) is 0 Å². The van der Waals surface area contributed by atoms with Crippen molar-refractivity contribution in [3.63, 3.8) is 0 Å². The van der Waals surface area contributed by atoms with Gasteiger partial charge in [-0.2, -0.15) is 0 Å². The van der Waals surface area contributed by atoms with E-state index in [0.717, 1.165) is 51.9 Å². The van der Waals surface area contributed by atoms with Crippen LogP contribution in [0, 0.1) is 11.8 Å². The SMILES string of the molecule is CCCCCCCCCCCCC(CCCCCCCCCC)COC(=O)CCN(CCCCCC(=O)OCC(CCCCCC)CCCCCCCC)CCCN(CC)CCO. The lowest BCUT2D eigenvalue weighted by Gasteiger charge is -2.25. The molecule has 0 bridgehead atoms. The first-order chi connectivity index (χ1) is 30.9. The molecule has 0 aliphatic carbocycles. The van der Waals surface area contributed by atoms with E-state index < -0.39 is 0 Å². The first kappa shape index (κ1) is 61.8. The first-order valence-corrected chi connectivity index (χ1v) is 28.3. The van der Waals surface area contributed by atoms with Crippen molar-refractivity contribution in [2.75, 3.05) is 59.1 Å². The molecule has 0 aromatic heterocycles. The Bertz CT molecular complexity index is 933. The maximum Gasteiger partial charge on any atom is 0.307 e. The van der Waals surface area contributed by atoms with Crippen molar-refractivity contribution in [2.45, 2.75) is 279 Å². The fraction of sp³-hybridized carbons (Fsp3) is 0.964. The number of hydrogen-bond donors (Lipinski definition) is 1. The summed E-state index contributed by atoms with van der Waals surface area (Å²) < 4.78 is 11.9. The van der Waals surface area contributed by atoms with Crippen LogP contribution in [0.2, 0.25) is 0 Å². The average molecular weight is 894 g/mol. The summed E-state index contributed by atoms with van der Waals surface area (Å²) >= 11 is 0. The van der Waals surface area contributed by atoms with Crippen LogP contribution in [-0.4, -0.2) is 85.9 Å². The van der Waals surface area contributed by atoms with E-state index in [1.165, 1.54) is 205 Å². The summed E-state index contributed by atoms with van der Waals surface area (Å²) in [4.78, 5) is 30.8. The van der Waals surface area contributed by atoms with Crippen LogP contribution < -0.4 is 0 Å². The van der Waals surface area contributed by atoms with Crippen LogP contribution in [0.25, 0.3) is 0 Å². The van der Waals surface area contributed by atoms with Gasteiger partial charge in [-0.25, -0.2) is 0 Å². The molecule has 0 spiro atoms. The lowest BCUT2D eigenvalue weighted by molar-refractivity contribution is -0.146. The number of likely N-dealkylation sites (N-methyl/N-ethyl adjacent to an activating group) is 1. The van der Waals surface area contributed by atoms with Gasteiger partial charge in [-0.15, -0.1) is 0 Å². The smallest absolute Gasteiger partial charge is 0.307 e. The normalized spacial score (nSPS) is 12.7. The van der Waals surface area contributed by atoms with Crippen LogP contribution in [0.1, 0.15) is 279 Å². The zero-order valence-corrected chi connectivity index (χ0v) is 43.4. The molecule has 0 fully saturated rings. The van der Waals surface area contributed by atoms with E-state index in [1.54, 1.807) is 0 Å². The van der Waals surface area contributed by atoms with Gasteiger partial charge in [-0.05, 0) is 83.0 Å².